The summed E-state index contributed by atoms with van der Waals surface area (Å²) in [7, 11) is -3.45. The van der Waals surface area contributed by atoms with Gasteiger partial charge >= 0.3 is 0 Å². The number of amides is 2. The minimum Gasteiger partial charge on any atom is -0.350 e. The van der Waals surface area contributed by atoms with Crippen LogP contribution in [0.1, 0.15) is 20.7 Å². The standard InChI is InChI=1S/C17H16Cl2N2O4S/c1-26(24,25)13-6-7-15(19)14(10-13)17(23)21-9-8-20-16(22)11-2-4-12(18)5-3-11/h2-7,10H,8-9H2,1H3,(H,20,22)(H,21,23). The van der Waals surface area contributed by atoms with E-state index in [9.17, 15) is 18.0 Å². The number of hydrogen-bond donors (Lipinski definition) is 2. The number of hydrogen-bond acceptors (Lipinski definition) is 4. The van der Waals surface area contributed by atoms with E-state index in [1.165, 1.54) is 18.2 Å². The molecule has 0 saturated carbocycles. The number of benzene rings is 2. The lowest BCUT2D eigenvalue weighted by molar-refractivity contribution is 0.0927. The predicted octanol–water partition coefficient (Wildman–Crippen LogP) is 2.56. The molecule has 2 rings (SSSR count). The Hall–Kier alpha value is -2.09. The van der Waals surface area contributed by atoms with E-state index in [0.717, 1.165) is 6.26 Å². The van der Waals surface area contributed by atoms with Crippen LogP contribution in [0.4, 0.5) is 0 Å². The Kier molecular flexibility index (Phi) is 6.63. The second-order valence-electron chi connectivity index (χ2n) is 5.43. The number of sulfone groups is 1. The van der Waals surface area contributed by atoms with Gasteiger partial charge in [0.25, 0.3) is 11.8 Å². The van der Waals surface area contributed by atoms with Crippen molar-refractivity contribution in [3.05, 3.63) is 63.6 Å². The summed E-state index contributed by atoms with van der Waals surface area (Å²) in [5.41, 5.74) is 0.503. The Morgan fingerprint density at radius 2 is 1.50 bits per heavy atom. The van der Waals surface area contributed by atoms with Crippen molar-refractivity contribution in [2.45, 2.75) is 4.90 Å². The van der Waals surface area contributed by atoms with Gasteiger partial charge in [-0.15, -0.1) is 0 Å². The highest BCUT2D eigenvalue weighted by molar-refractivity contribution is 7.90. The summed E-state index contributed by atoms with van der Waals surface area (Å²) in [5.74, 6) is -0.825. The minimum absolute atomic E-state index is 0.00286. The number of carbonyl (C=O) groups excluding carboxylic acids is 2. The first-order valence-corrected chi connectivity index (χ1v) is 10.1. The van der Waals surface area contributed by atoms with Crippen LogP contribution in [0.15, 0.2) is 47.4 Å². The van der Waals surface area contributed by atoms with Gasteiger partial charge in [0.15, 0.2) is 9.84 Å². The summed E-state index contributed by atoms with van der Waals surface area (Å²) >= 11 is 11.7. The number of nitrogens with one attached hydrogen (secondary N) is 2. The SMILES string of the molecule is CS(=O)(=O)c1ccc(Cl)c(C(=O)NCCNC(=O)c2ccc(Cl)cc2)c1. The normalized spacial score (nSPS) is 11.0. The monoisotopic (exact) mass is 414 g/mol. The van der Waals surface area contributed by atoms with Gasteiger partial charge in [0, 0.05) is 29.9 Å². The zero-order valence-electron chi connectivity index (χ0n) is 13.8. The lowest BCUT2D eigenvalue weighted by Gasteiger charge is -2.09. The van der Waals surface area contributed by atoms with Gasteiger partial charge in [-0.25, -0.2) is 8.42 Å². The molecular weight excluding hydrogens is 399 g/mol. The molecule has 0 aliphatic carbocycles. The van der Waals surface area contributed by atoms with Crippen LogP contribution in [0.5, 0.6) is 0 Å². The average molecular weight is 415 g/mol. The minimum atomic E-state index is -3.45. The van der Waals surface area contributed by atoms with Gasteiger partial charge in [-0.2, -0.15) is 0 Å². The van der Waals surface area contributed by atoms with Crippen molar-refractivity contribution in [1.29, 1.82) is 0 Å². The molecule has 0 bridgehead atoms. The summed E-state index contributed by atoms with van der Waals surface area (Å²) in [6, 6.07) is 10.3. The quantitative estimate of drug-likeness (QED) is 0.710. The van der Waals surface area contributed by atoms with E-state index >= 15 is 0 Å². The van der Waals surface area contributed by atoms with Crippen LogP contribution in [0, 0.1) is 0 Å². The largest absolute Gasteiger partial charge is 0.350 e. The molecule has 2 amide bonds. The fourth-order valence-electron chi connectivity index (χ4n) is 2.06. The summed E-state index contributed by atoms with van der Waals surface area (Å²) in [5, 5.41) is 5.90. The zero-order chi connectivity index (χ0) is 19.3. The zero-order valence-corrected chi connectivity index (χ0v) is 16.1. The molecule has 6 nitrogen and oxygen atoms in total. The molecular formula is C17H16Cl2N2O4S. The van der Waals surface area contributed by atoms with Crippen molar-refractivity contribution in [2.24, 2.45) is 0 Å². The fourth-order valence-corrected chi connectivity index (χ4v) is 3.04. The van der Waals surface area contributed by atoms with Crippen molar-refractivity contribution in [3.8, 4) is 0 Å². The maximum Gasteiger partial charge on any atom is 0.252 e. The molecule has 0 unspecified atom stereocenters. The van der Waals surface area contributed by atoms with Crippen LogP contribution in [-0.4, -0.2) is 39.6 Å². The summed E-state index contributed by atoms with van der Waals surface area (Å²) < 4.78 is 23.2. The molecule has 0 aliphatic rings. The van der Waals surface area contributed by atoms with E-state index in [1.807, 2.05) is 0 Å². The third kappa shape index (κ3) is 5.45. The summed E-state index contributed by atoms with van der Waals surface area (Å²) in [4.78, 5) is 24.1. The third-order valence-electron chi connectivity index (χ3n) is 3.41. The van der Waals surface area contributed by atoms with E-state index in [2.05, 4.69) is 10.6 Å². The molecule has 0 aliphatic heterocycles. The molecule has 0 atom stereocenters. The Morgan fingerprint density at radius 1 is 0.923 bits per heavy atom. The number of rotatable bonds is 6. The molecule has 0 fully saturated rings. The van der Waals surface area contributed by atoms with Crippen LogP contribution in [-0.2, 0) is 9.84 Å². The van der Waals surface area contributed by atoms with E-state index in [1.54, 1.807) is 24.3 Å². The molecule has 2 aromatic rings. The Bertz CT molecular complexity index is 928. The first-order valence-electron chi connectivity index (χ1n) is 7.50. The molecule has 2 aromatic carbocycles. The topological polar surface area (TPSA) is 92.3 Å². The molecule has 0 aromatic heterocycles. The smallest absolute Gasteiger partial charge is 0.252 e. The van der Waals surface area contributed by atoms with Crippen molar-refractivity contribution < 1.29 is 18.0 Å². The van der Waals surface area contributed by atoms with Crippen molar-refractivity contribution in [2.75, 3.05) is 19.3 Å². The summed E-state index contributed by atoms with van der Waals surface area (Å²) in [6.07, 6.45) is 1.05. The van der Waals surface area contributed by atoms with Gasteiger partial charge in [0.2, 0.25) is 0 Å². The highest BCUT2D eigenvalue weighted by Gasteiger charge is 2.15. The van der Waals surface area contributed by atoms with E-state index < -0.39 is 15.7 Å². The van der Waals surface area contributed by atoms with Crippen LogP contribution < -0.4 is 10.6 Å². The number of halogens is 2. The first-order chi connectivity index (χ1) is 12.2. The van der Waals surface area contributed by atoms with Gasteiger partial charge in [-0.05, 0) is 42.5 Å². The van der Waals surface area contributed by atoms with Crippen LogP contribution in [0.2, 0.25) is 10.0 Å². The fraction of sp³-hybridized carbons (Fsp3) is 0.176. The van der Waals surface area contributed by atoms with E-state index in [0.29, 0.717) is 10.6 Å². The Balaban J connectivity index is 1.91. The van der Waals surface area contributed by atoms with E-state index in [4.69, 9.17) is 23.2 Å². The molecule has 9 heteroatoms. The molecule has 26 heavy (non-hydrogen) atoms. The third-order valence-corrected chi connectivity index (χ3v) is 5.10. The maximum atomic E-state index is 12.2. The van der Waals surface area contributed by atoms with Crippen LogP contribution in [0.25, 0.3) is 0 Å². The van der Waals surface area contributed by atoms with Crippen molar-refractivity contribution in [3.63, 3.8) is 0 Å². The lowest BCUT2D eigenvalue weighted by Crippen LogP contribution is -2.34. The Labute approximate surface area is 161 Å². The van der Waals surface area contributed by atoms with Gasteiger partial charge < -0.3 is 10.6 Å². The highest BCUT2D eigenvalue weighted by Crippen LogP contribution is 2.20. The average Bonchev–Trinajstić information content (AvgIpc) is 2.58. The van der Waals surface area contributed by atoms with Gasteiger partial charge in [0.1, 0.15) is 0 Å². The van der Waals surface area contributed by atoms with Gasteiger partial charge in [-0.1, -0.05) is 23.2 Å². The van der Waals surface area contributed by atoms with Crippen molar-refractivity contribution >= 4 is 44.9 Å². The van der Waals surface area contributed by atoms with Gasteiger partial charge in [0.05, 0.1) is 15.5 Å². The predicted molar refractivity (Wildman–Crippen MR) is 101 cm³/mol. The maximum absolute atomic E-state index is 12.2. The molecule has 138 valence electrons. The molecule has 0 spiro atoms. The van der Waals surface area contributed by atoms with Crippen LogP contribution >= 0.6 is 23.2 Å². The van der Waals surface area contributed by atoms with Gasteiger partial charge in [-0.3, -0.25) is 9.59 Å². The first kappa shape index (κ1) is 20.2. The molecule has 0 radical (unpaired) electrons. The molecule has 2 N–H and O–H groups in total. The van der Waals surface area contributed by atoms with Crippen LogP contribution in [0.3, 0.4) is 0 Å². The lowest BCUT2D eigenvalue weighted by atomic mass is 10.2. The highest BCUT2D eigenvalue weighted by atomic mass is 35.5. The summed E-state index contributed by atoms with van der Waals surface area (Å²) in [6.45, 7) is 0.341. The van der Waals surface area contributed by atoms with Crippen molar-refractivity contribution in [1.82, 2.24) is 10.6 Å². The number of carbonyl (C=O) groups is 2. The second-order valence-corrected chi connectivity index (χ2v) is 8.29. The molecule has 0 heterocycles. The second kappa shape index (κ2) is 8.53. The van der Waals surface area contributed by atoms with E-state index in [-0.39, 0.29) is 34.5 Å². The Morgan fingerprint density at radius 3 is 2.08 bits per heavy atom. The molecule has 0 saturated heterocycles.